The third-order valence-corrected chi connectivity index (χ3v) is 3.45. The lowest BCUT2D eigenvalue weighted by Crippen LogP contribution is -2.14. The first kappa shape index (κ1) is 16.5. The van der Waals surface area contributed by atoms with Crippen LogP contribution in [0.1, 0.15) is 10.4 Å². The molecule has 2 aromatic rings. The minimum absolute atomic E-state index is 0.371. The summed E-state index contributed by atoms with van der Waals surface area (Å²) >= 11 is 11.9. The molecule has 0 aliphatic rings. The highest BCUT2D eigenvalue weighted by molar-refractivity contribution is 6.34. The number of hydrogen-bond donors (Lipinski definition) is 1. The summed E-state index contributed by atoms with van der Waals surface area (Å²) in [5.74, 6) is 0.138. The molecule has 0 unspecified atom stereocenters. The van der Waals surface area contributed by atoms with Crippen molar-refractivity contribution >= 4 is 34.9 Å². The van der Waals surface area contributed by atoms with E-state index in [2.05, 4.69) is 5.32 Å². The third kappa shape index (κ3) is 4.29. The van der Waals surface area contributed by atoms with Gasteiger partial charge in [-0.05, 0) is 24.3 Å². The molecule has 1 N–H and O–H groups in total. The average Bonchev–Trinajstić information content (AvgIpc) is 2.54. The minimum atomic E-state index is -0.387. The lowest BCUT2D eigenvalue weighted by molar-refractivity contribution is 0.0602. The van der Waals surface area contributed by atoms with Gasteiger partial charge in [0.25, 0.3) is 0 Å². The molecule has 2 aromatic carbocycles. The molecule has 0 fully saturated rings. The van der Waals surface area contributed by atoms with E-state index < -0.39 is 0 Å². The van der Waals surface area contributed by atoms with Gasteiger partial charge < -0.3 is 14.8 Å². The van der Waals surface area contributed by atoms with Gasteiger partial charge in [0.15, 0.2) is 0 Å². The van der Waals surface area contributed by atoms with E-state index in [-0.39, 0.29) is 5.97 Å². The molecule has 4 nitrogen and oxygen atoms in total. The third-order valence-electron chi connectivity index (χ3n) is 2.90. The zero-order valence-electron chi connectivity index (χ0n) is 11.9. The highest BCUT2D eigenvalue weighted by Crippen LogP contribution is 2.27. The highest BCUT2D eigenvalue weighted by Gasteiger charge is 2.10. The fourth-order valence-corrected chi connectivity index (χ4v) is 2.19. The zero-order valence-corrected chi connectivity index (χ0v) is 13.4. The Morgan fingerprint density at radius 1 is 1.18 bits per heavy atom. The normalized spacial score (nSPS) is 10.1. The molecule has 6 heteroatoms. The van der Waals surface area contributed by atoms with Gasteiger partial charge in [-0.15, -0.1) is 0 Å². The molecule has 0 atom stereocenters. The number of halogens is 2. The lowest BCUT2D eigenvalue weighted by atomic mass is 10.2. The molecule has 0 bridgehead atoms. The molecule has 0 amide bonds. The number of carbonyl (C=O) groups is 1. The van der Waals surface area contributed by atoms with Gasteiger partial charge in [-0.2, -0.15) is 0 Å². The second-order valence-electron chi connectivity index (χ2n) is 4.39. The van der Waals surface area contributed by atoms with Crippen molar-refractivity contribution in [1.82, 2.24) is 0 Å². The number of rotatable bonds is 6. The van der Waals surface area contributed by atoms with Gasteiger partial charge >= 0.3 is 5.97 Å². The number of methoxy groups -OCH3 is 1. The second-order valence-corrected chi connectivity index (χ2v) is 5.23. The van der Waals surface area contributed by atoms with Crippen molar-refractivity contribution in [3.63, 3.8) is 0 Å². The van der Waals surface area contributed by atoms with Crippen molar-refractivity contribution in [3.8, 4) is 5.75 Å². The smallest absolute Gasteiger partial charge is 0.339 e. The fourth-order valence-electron chi connectivity index (χ4n) is 1.86. The molecule has 0 radical (unpaired) electrons. The topological polar surface area (TPSA) is 47.6 Å². The number of para-hydroxylation sites is 1. The molecule has 22 heavy (non-hydrogen) atoms. The molecule has 0 saturated heterocycles. The Labute approximate surface area is 138 Å². The van der Waals surface area contributed by atoms with Crippen LogP contribution < -0.4 is 10.1 Å². The first-order valence-electron chi connectivity index (χ1n) is 6.61. The molecule has 0 heterocycles. The number of carbonyl (C=O) groups excluding carboxylic acids is 1. The maximum absolute atomic E-state index is 11.6. The monoisotopic (exact) mass is 339 g/mol. The number of benzene rings is 2. The maximum Gasteiger partial charge on any atom is 0.339 e. The zero-order chi connectivity index (χ0) is 15.9. The number of hydrogen-bond acceptors (Lipinski definition) is 4. The number of nitrogens with one attached hydrogen (secondary N) is 1. The van der Waals surface area contributed by atoms with Gasteiger partial charge in [-0.25, -0.2) is 4.79 Å². The molecule has 2 rings (SSSR count). The molecule has 116 valence electrons. The maximum atomic E-state index is 11.6. The predicted octanol–water partition coefficient (Wildman–Crippen LogP) is 4.27. The Hall–Kier alpha value is -1.91. The SMILES string of the molecule is COC(=O)c1ccccc1NCCOc1cc(Cl)ccc1Cl. The van der Waals surface area contributed by atoms with Gasteiger partial charge in [0, 0.05) is 23.3 Å². The van der Waals surface area contributed by atoms with E-state index in [4.69, 9.17) is 32.7 Å². The fraction of sp³-hybridized carbons (Fsp3) is 0.188. The van der Waals surface area contributed by atoms with Crippen molar-refractivity contribution in [2.24, 2.45) is 0 Å². The van der Waals surface area contributed by atoms with Crippen LogP contribution in [0, 0.1) is 0 Å². The van der Waals surface area contributed by atoms with Crippen LogP contribution in [-0.2, 0) is 4.74 Å². The number of anilines is 1. The molecule has 0 saturated carbocycles. The van der Waals surface area contributed by atoms with E-state index in [0.717, 1.165) is 0 Å². The van der Waals surface area contributed by atoms with Crippen molar-refractivity contribution in [2.45, 2.75) is 0 Å². The summed E-state index contributed by atoms with van der Waals surface area (Å²) in [5.41, 5.74) is 1.17. The van der Waals surface area contributed by atoms with Gasteiger partial charge in [-0.1, -0.05) is 35.3 Å². The summed E-state index contributed by atoms with van der Waals surface area (Å²) in [5, 5.41) is 4.19. The van der Waals surface area contributed by atoms with Crippen molar-refractivity contribution in [1.29, 1.82) is 0 Å². The van der Waals surface area contributed by atoms with Crippen LogP contribution in [0.4, 0.5) is 5.69 Å². The Balaban J connectivity index is 1.92. The van der Waals surface area contributed by atoms with Crippen LogP contribution in [0.2, 0.25) is 10.0 Å². The summed E-state index contributed by atoms with van der Waals surface area (Å²) in [4.78, 5) is 11.6. The van der Waals surface area contributed by atoms with E-state index in [1.807, 2.05) is 6.07 Å². The number of esters is 1. The molecule has 0 aliphatic carbocycles. The average molecular weight is 340 g/mol. The molecule has 0 spiro atoms. The lowest BCUT2D eigenvalue weighted by Gasteiger charge is -2.12. The second kappa shape index (κ2) is 7.92. The van der Waals surface area contributed by atoms with Crippen LogP contribution in [0.3, 0.4) is 0 Å². The Bertz CT molecular complexity index is 662. The van der Waals surface area contributed by atoms with Gasteiger partial charge in [0.05, 0.1) is 17.7 Å². The predicted molar refractivity (Wildman–Crippen MR) is 88.2 cm³/mol. The minimum Gasteiger partial charge on any atom is -0.490 e. The van der Waals surface area contributed by atoms with Crippen molar-refractivity contribution in [3.05, 3.63) is 58.1 Å². The van der Waals surface area contributed by atoms with E-state index in [1.165, 1.54) is 7.11 Å². The molecule has 0 aromatic heterocycles. The molecule has 0 aliphatic heterocycles. The summed E-state index contributed by atoms with van der Waals surface area (Å²) in [6, 6.07) is 12.2. The first-order chi connectivity index (χ1) is 10.6. The Kier molecular flexibility index (Phi) is 5.92. The highest BCUT2D eigenvalue weighted by atomic mass is 35.5. The largest absolute Gasteiger partial charge is 0.490 e. The van der Waals surface area contributed by atoms with Crippen LogP contribution >= 0.6 is 23.2 Å². The summed E-state index contributed by atoms with van der Waals surface area (Å²) < 4.78 is 10.3. The van der Waals surface area contributed by atoms with E-state index >= 15 is 0 Å². The first-order valence-corrected chi connectivity index (χ1v) is 7.36. The van der Waals surface area contributed by atoms with Gasteiger partial charge in [-0.3, -0.25) is 0 Å². The van der Waals surface area contributed by atoms with Crippen molar-refractivity contribution in [2.75, 3.05) is 25.6 Å². The Morgan fingerprint density at radius 2 is 1.95 bits per heavy atom. The molecular weight excluding hydrogens is 325 g/mol. The van der Waals surface area contributed by atoms with Gasteiger partial charge in [0.1, 0.15) is 12.4 Å². The summed E-state index contributed by atoms with van der Waals surface area (Å²) in [7, 11) is 1.35. The standard InChI is InChI=1S/C16H15Cl2NO3/c1-21-16(20)12-4-2-3-5-14(12)19-8-9-22-15-10-11(17)6-7-13(15)18/h2-7,10,19H,8-9H2,1H3. The summed E-state index contributed by atoms with van der Waals surface area (Å²) in [6.45, 7) is 0.867. The van der Waals surface area contributed by atoms with Crippen LogP contribution in [-0.4, -0.2) is 26.2 Å². The van der Waals surface area contributed by atoms with Crippen LogP contribution in [0.5, 0.6) is 5.75 Å². The van der Waals surface area contributed by atoms with Crippen molar-refractivity contribution < 1.29 is 14.3 Å². The van der Waals surface area contributed by atoms with Gasteiger partial charge in [0.2, 0.25) is 0 Å². The Morgan fingerprint density at radius 3 is 2.73 bits per heavy atom. The molecular formula is C16H15Cl2NO3. The van der Waals surface area contributed by atoms with E-state index in [1.54, 1.807) is 36.4 Å². The summed E-state index contributed by atoms with van der Waals surface area (Å²) in [6.07, 6.45) is 0. The van der Waals surface area contributed by atoms with Crippen LogP contribution in [0.25, 0.3) is 0 Å². The van der Waals surface area contributed by atoms with E-state index in [9.17, 15) is 4.79 Å². The quantitative estimate of drug-likeness (QED) is 0.630. The number of ether oxygens (including phenoxy) is 2. The van der Waals surface area contributed by atoms with E-state index in [0.29, 0.717) is 40.2 Å². The van der Waals surface area contributed by atoms with Crippen LogP contribution in [0.15, 0.2) is 42.5 Å².